The molecule has 0 bridgehead atoms. The van der Waals surface area contributed by atoms with Gasteiger partial charge in [0.15, 0.2) is 0 Å². The zero-order valence-electron chi connectivity index (χ0n) is 20.2. The molecule has 8 rings (SSSR count). The maximum atomic E-state index is 6.48. The van der Waals surface area contributed by atoms with Crippen LogP contribution in [0, 0.1) is 0 Å². The predicted octanol–water partition coefficient (Wildman–Crippen LogP) is 9.43. The van der Waals surface area contributed by atoms with Crippen molar-refractivity contribution in [3.8, 4) is 5.69 Å². The molecule has 2 aromatic heterocycles. The normalized spacial score (nSPS) is 11.9. The van der Waals surface area contributed by atoms with E-state index in [1.165, 1.54) is 60.2 Å². The van der Waals surface area contributed by atoms with Crippen molar-refractivity contribution in [2.45, 2.75) is 6.42 Å². The number of rotatable bonds is 3. The molecule has 0 spiro atoms. The van der Waals surface area contributed by atoms with Gasteiger partial charge in [-0.1, -0.05) is 91.0 Å². The Hall–Kier alpha value is -4.82. The van der Waals surface area contributed by atoms with E-state index in [4.69, 9.17) is 4.42 Å². The van der Waals surface area contributed by atoms with Crippen molar-refractivity contribution < 1.29 is 4.42 Å². The van der Waals surface area contributed by atoms with Gasteiger partial charge in [0.2, 0.25) is 0 Å². The lowest BCUT2D eigenvalue weighted by Crippen LogP contribution is -1.96. The topological polar surface area (TPSA) is 18.1 Å². The Labute approximate surface area is 214 Å². The Morgan fingerprint density at radius 3 is 1.97 bits per heavy atom. The Bertz CT molecular complexity index is 2070. The van der Waals surface area contributed by atoms with E-state index in [0.717, 1.165) is 17.6 Å². The van der Waals surface area contributed by atoms with Crippen molar-refractivity contribution in [3.63, 3.8) is 0 Å². The van der Waals surface area contributed by atoms with Crippen molar-refractivity contribution in [1.82, 2.24) is 4.57 Å². The van der Waals surface area contributed by atoms with E-state index >= 15 is 0 Å². The van der Waals surface area contributed by atoms with Crippen LogP contribution in [-0.4, -0.2) is 4.57 Å². The molecule has 37 heavy (non-hydrogen) atoms. The monoisotopic (exact) mass is 473 g/mol. The lowest BCUT2D eigenvalue weighted by molar-refractivity contribution is 0.664. The maximum absolute atomic E-state index is 6.48. The lowest BCUT2D eigenvalue weighted by Gasteiger charge is -2.11. The molecule has 0 aliphatic carbocycles. The second kappa shape index (κ2) is 7.84. The average Bonchev–Trinajstić information content (AvgIpc) is 3.50. The van der Waals surface area contributed by atoms with Gasteiger partial charge >= 0.3 is 0 Å². The summed E-state index contributed by atoms with van der Waals surface area (Å²) in [6, 6.07) is 45.5. The second-order valence-corrected chi connectivity index (χ2v) is 9.78. The first-order chi connectivity index (χ1) is 18.3. The summed E-state index contributed by atoms with van der Waals surface area (Å²) < 4.78 is 8.86. The van der Waals surface area contributed by atoms with E-state index in [9.17, 15) is 0 Å². The molecule has 2 heteroatoms. The lowest BCUT2D eigenvalue weighted by atomic mass is 9.96. The summed E-state index contributed by atoms with van der Waals surface area (Å²) in [6.45, 7) is 0. The van der Waals surface area contributed by atoms with E-state index in [1.54, 1.807) is 0 Å². The summed E-state index contributed by atoms with van der Waals surface area (Å²) in [6.07, 6.45) is 0.798. The molecule has 0 unspecified atom stereocenters. The van der Waals surface area contributed by atoms with Gasteiger partial charge in [0.1, 0.15) is 11.2 Å². The molecule has 0 radical (unpaired) electrons. The number of nitrogens with zero attached hydrogens (tertiary/aromatic N) is 1. The first-order valence-corrected chi connectivity index (χ1v) is 12.7. The van der Waals surface area contributed by atoms with Gasteiger partial charge in [0, 0.05) is 39.2 Å². The zero-order chi connectivity index (χ0) is 24.3. The standard InChI is InChI=1S/C35H23NO/c1-2-13-27-24(11-1)22-25(35-34(27)30-16-5-8-19-33(30)37-35)20-23-10-9-12-26(21-23)36-31-17-6-3-14-28(31)29-15-4-7-18-32(29)36/h1-19,21-22H,20H2. The van der Waals surface area contributed by atoms with Crippen LogP contribution < -0.4 is 0 Å². The van der Waals surface area contributed by atoms with E-state index in [-0.39, 0.29) is 0 Å². The largest absolute Gasteiger partial charge is 0.456 e. The van der Waals surface area contributed by atoms with Crippen LogP contribution in [0.5, 0.6) is 0 Å². The van der Waals surface area contributed by atoms with Crippen LogP contribution in [0.3, 0.4) is 0 Å². The first-order valence-electron chi connectivity index (χ1n) is 12.7. The fourth-order valence-corrected chi connectivity index (χ4v) is 6.00. The number of fused-ring (bicyclic) bond motifs is 8. The average molecular weight is 474 g/mol. The molecular weight excluding hydrogens is 450 g/mol. The van der Waals surface area contributed by atoms with Crippen molar-refractivity contribution in [2.75, 3.05) is 0 Å². The minimum absolute atomic E-state index is 0.798. The third-order valence-electron chi connectivity index (χ3n) is 7.59. The Morgan fingerprint density at radius 2 is 1.19 bits per heavy atom. The third-order valence-corrected chi connectivity index (χ3v) is 7.59. The Morgan fingerprint density at radius 1 is 0.541 bits per heavy atom. The molecule has 0 saturated carbocycles. The van der Waals surface area contributed by atoms with Crippen molar-refractivity contribution >= 4 is 54.5 Å². The van der Waals surface area contributed by atoms with Crippen LogP contribution in [-0.2, 0) is 6.42 Å². The van der Waals surface area contributed by atoms with E-state index < -0.39 is 0 Å². The van der Waals surface area contributed by atoms with Gasteiger partial charge < -0.3 is 8.98 Å². The number of benzene rings is 6. The number of aromatic nitrogens is 1. The highest BCUT2D eigenvalue weighted by atomic mass is 16.3. The molecule has 2 nitrogen and oxygen atoms in total. The van der Waals surface area contributed by atoms with E-state index in [0.29, 0.717) is 0 Å². The van der Waals surface area contributed by atoms with Crippen LogP contribution in [0.1, 0.15) is 11.1 Å². The number of hydrogen-bond donors (Lipinski definition) is 0. The summed E-state index contributed by atoms with van der Waals surface area (Å²) in [4.78, 5) is 0. The molecule has 2 heterocycles. The van der Waals surface area contributed by atoms with E-state index in [2.05, 4.69) is 126 Å². The van der Waals surface area contributed by atoms with Crippen LogP contribution in [0.15, 0.2) is 132 Å². The van der Waals surface area contributed by atoms with Crippen LogP contribution in [0.25, 0.3) is 60.2 Å². The van der Waals surface area contributed by atoms with Gasteiger partial charge in [0.05, 0.1) is 11.0 Å². The summed E-state index contributed by atoms with van der Waals surface area (Å²) in [5.74, 6) is 0. The predicted molar refractivity (Wildman–Crippen MR) is 155 cm³/mol. The second-order valence-electron chi connectivity index (χ2n) is 9.78. The minimum atomic E-state index is 0.798. The molecule has 6 aromatic carbocycles. The molecule has 0 fully saturated rings. The highest BCUT2D eigenvalue weighted by Crippen LogP contribution is 2.38. The SMILES string of the molecule is c1cc(Cc2cc3ccccc3c3c2oc2ccccc23)cc(-n2c3ccccc3c3ccccc32)c1. The molecule has 8 aromatic rings. The maximum Gasteiger partial charge on any atom is 0.139 e. The van der Waals surface area contributed by atoms with Gasteiger partial charge in [-0.25, -0.2) is 0 Å². The van der Waals surface area contributed by atoms with Gasteiger partial charge in [-0.15, -0.1) is 0 Å². The summed E-state index contributed by atoms with van der Waals surface area (Å²) in [5, 5.41) is 7.43. The molecule has 0 aliphatic heterocycles. The van der Waals surface area contributed by atoms with Crippen LogP contribution in [0.2, 0.25) is 0 Å². The van der Waals surface area contributed by atoms with E-state index in [1.807, 2.05) is 6.07 Å². The summed E-state index contributed by atoms with van der Waals surface area (Å²) >= 11 is 0. The van der Waals surface area contributed by atoms with Gasteiger partial charge in [-0.2, -0.15) is 0 Å². The Balaban J connectivity index is 1.33. The third kappa shape index (κ3) is 3.06. The van der Waals surface area contributed by atoms with Gasteiger partial charge in [0.25, 0.3) is 0 Å². The highest BCUT2D eigenvalue weighted by Gasteiger charge is 2.16. The molecule has 0 atom stereocenters. The zero-order valence-corrected chi connectivity index (χ0v) is 20.2. The summed E-state index contributed by atoms with van der Waals surface area (Å²) in [5.41, 5.74) is 8.03. The van der Waals surface area contributed by atoms with Crippen molar-refractivity contribution in [2.24, 2.45) is 0 Å². The molecule has 174 valence electrons. The molecule has 0 N–H and O–H groups in total. The van der Waals surface area contributed by atoms with Gasteiger partial charge in [-0.05, 0) is 52.7 Å². The Kier molecular flexibility index (Phi) is 4.32. The molecular formula is C35H23NO. The van der Waals surface area contributed by atoms with Gasteiger partial charge in [-0.3, -0.25) is 0 Å². The highest BCUT2D eigenvalue weighted by molar-refractivity contribution is 6.19. The summed E-state index contributed by atoms with van der Waals surface area (Å²) in [7, 11) is 0. The quantitative estimate of drug-likeness (QED) is 0.250. The smallest absolute Gasteiger partial charge is 0.139 e. The molecule has 0 aliphatic rings. The van der Waals surface area contributed by atoms with Crippen molar-refractivity contribution in [1.29, 1.82) is 0 Å². The molecule has 0 amide bonds. The number of hydrogen-bond acceptors (Lipinski definition) is 1. The first kappa shape index (κ1) is 20.4. The molecule has 0 saturated heterocycles. The van der Waals surface area contributed by atoms with Crippen molar-refractivity contribution in [3.05, 3.63) is 139 Å². The minimum Gasteiger partial charge on any atom is -0.456 e. The van der Waals surface area contributed by atoms with Crippen LogP contribution in [0.4, 0.5) is 0 Å². The number of para-hydroxylation sites is 3. The fraction of sp³-hybridized carbons (Fsp3) is 0.0286. The van der Waals surface area contributed by atoms with Crippen LogP contribution >= 0.6 is 0 Å². The number of furan rings is 1. The fourth-order valence-electron chi connectivity index (χ4n) is 6.00.